The first-order chi connectivity index (χ1) is 10.2. The molecule has 0 aliphatic carbocycles. The van der Waals surface area contributed by atoms with Crippen LogP contribution in [-0.2, 0) is 0 Å². The smallest absolute Gasteiger partial charge is 0.225 e. The second kappa shape index (κ2) is 7.21. The van der Waals surface area contributed by atoms with Crippen molar-refractivity contribution in [3.05, 3.63) is 18.0 Å². The molecule has 0 spiro atoms. The van der Waals surface area contributed by atoms with Crippen molar-refractivity contribution in [2.75, 3.05) is 31.1 Å². The number of oxime groups is 1. The number of aromatic nitrogens is 2. The first-order valence-electron chi connectivity index (χ1n) is 7.40. The molecule has 2 rings (SSSR count). The van der Waals surface area contributed by atoms with Gasteiger partial charge in [0.15, 0.2) is 5.84 Å². The molecule has 0 aromatic carbocycles. The first kappa shape index (κ1) is 15.5. The molecule has 1 unspecified atom stereocenters. The largest absolute Gasteiger partial charge is 0.409 e. The van der Waals surface area contributed by atoms with Gasteiger partial charge in [-0.2, -0.15) is 0 Å². The average Bonchev–Trinajstić information content (AvgIpc) is 2.53. The molecule has 0 amide bonds. The fraction of sp³-hybridized carbons (Fsp3) is 0.643. The molecule has 7 heteroatoms. The molecule has 1 atom stereocenters. The molecule has 21 heavy (non-hydrogen) atoms. The van der Waals surface area contributed by atoms with Gasteiger partial charge in [-0.05, 0) is 18.9 Å². The average molecular weight is 292 g/mol. The summed E-state index contributed by atoms with van der Waals surface area (Å²) in [6.45, 7) is 7.50. The van der Waals surface area contributed by atoms with Crippen LogP contribution < -0.4 is 10.6 Å². The number of piperazine rings is 1. The van der Waals surface area contributed by atoms with Gasteiger partial charge >= 0.3 is 0 Å². The highest BCUT2D eigenvalue weighted by Gasteiger charge is 2.26. The predicted octanol–water partition coefficient (Wildman–Crippen LogP) is 0.822. The van der Waals surface area contributed by atoms with E-state index in [1.807, 2.05) is 19.3 Å². The standard InChI is InChI=1S/C14H24N6O/c1-3-4-12(13(15)18-21)19-5-7-20(8-6-19)14-16-9-11(2)10-17-14/h9-10,12,21H,3-8H2,1-2H3,(H2,15,18). The molecule has 1 aromatic heterocycles. The number of nitrogens with zero attached hydrogens (tertiary/aromatic N) is 5. The van der Waals surface area contributed by atoms with Crippen LogP contribution in [0.1, 0.15) is 25.3 Å². The molecule has 1 fully saturated rings. The van der Waals surface area contributed by atoms with Gasteiger partial charge in [-0.1, -0.05) is 18.5 Å². The minimum absolute atomic E-state index is 0.0149. The Morgan fingerprint density at radius 3 is 2.48 bits per heavy atom. The van der Waals surface area contributed by atoms with E-state index in [9.17, 15) is 0 Å². The van der Waals surface area contributed by atoms with Crippen LogP contribution in [0.2, 0.25) is 0 Å². The Kier molecular flexibility index (Phi) is 5.32. The van der Waals surface area contributed by atoms with Crippen LogP contribution in [-0.4, -0.2) is 58.1 Å². The number of hydrogen-bond acceptors (Lipinski definition) is 6. The fourth-order valence-electron chi connectivity index (χ4n) is 2.64. The van der Waals surface area contributed by atoms with E-state index < -0.39 is 0 Å². The van der Waals surface area contributed by atoms with Gasteiger partial charge in [0, 0.05) is 38.6 Å². The van der Waals surface area contributed by atoms with Crippen molar-refractivity contribution in [2.45, 2.75) is 32.7 Å². The van der Waals surface area contributed by atoms with Gasteiger partial charge in [0.05, 0.1) is 6.04 Å². The lowest BCUT2D eigenvalue weighted by Gasteiger charge is -2.38. The number of rotatable bonds is 5. The fourth-order valence-corrected chi connectivity index (χ4v) is 2.64. The van der Waals surface area contributed by atoms with Crippen LogP contribution in [0.15, 0.2) is 17.5 Å². The summed E-state index contributed by atoms with van der Waals surface area (Å²) in [7, 11) is 0. The highest BCUT2D eigenvalue weighted by atomic mass is 16.4. The van der Waals surface area contributed by atoms with Crippen molar-refractivity contribution >= 4 is 11.8 Å². The molecular weight excluding hydrogens is 268 g/mol. The zero-order valence-corrected chi connectivity index (χ0v) is 12.7. The van der Waals surface area contributed by atoms with Gasteiger partial charge in [0.1, 0.15) is 0 Å². The van der Waals surface area contributed by atoms with Crippen LogP contribution >= 0.6 is 0 Å². The lowest BCUT2D eigenvalue weighted by molar-refractivity contribution is 0.210. The monoisotopic (exact) mass is 292 g/mol. The molecule has 1 aliphatic heterocycles. The topological polar surface area (TPSA) is 90.9 Å². The van der Waals surface area contributed by atoms with Crippen molar-refractivity contribution < 1.29 is 5.21 Å². The summed E-state index contributed by atoms with van der Waals surface area (Å²) >= 11 is 0. The zero-order valence-electron chi connectivity index (χ0n) is 12.7. The Balaban J connectivity index is 1.97. The third-order valence-electron chi connectivity index (χ3n) is 3.82. The Hall–Kier alpha value is -1.89. The van der Waals surface area contributed by atoms with E-state index in [-0.39, 0.29) is 6.04 Å². The van der Waals surface area contributed by atoms with Crippen molar-refractivity contribution in [1.82, 2.24) is 14.9 Å². The zero-order chi connectivity index (χ0) is 15.2. The van der Waals surface area contributed by atoms with Crippen molar-refractivity contribution in [3.63, 3.8) is 0 Å². The molecular formula is C14H24N6O. The van der Waals surface area contributed by atoms with Crippen LogP contribution in [0, 0.1) is 6.92 Å². The lowest BCUT2D eigenvalue weighted by atomic mass is 10.1. The van der Waals surface area contributed by atoms with Crippen LogP contribution in [0.5, 0.6) is 0 Å². The maximum absolute atomic E-state index is 8.92. The molecule has 1 aliphatic rings. The van der Waals surface area contributed by atoms with Crippen LogP contribution in [0.25, 0.3) is 0 Å². The van der Waals surface area contributed by atoms with E-state index in [0.29, 0.717) is 5.84 Å². The van der Waals surface area contributed by atoms with Crippen molar-refractivity contribution in [2.24, 2.45) is 10.9 Å². The van der Waals surface area contributed by atoms with Crippen LogP contribution in [0.3, 0.4) is 0 Å². The van der Waals surface area contributed by atoms with Gasteiger partial charge in [0.2, 0.25) is 5.95 Å². The Bertz CT molecular complexity index is 467. The summed E-state index contributed by atoms with van der Waals surface area (Å²) in [4.78, 5) is 13.2. The van der Waals surface area contributed by atoms with E-state index in [4.69, 9.17) is 10.9 Å². The molecule has 7 nitrogen and oxygen atoms in total. The van der Waals surface area contributed by atoms with E-state index in [2.05, 4.69) is 31.8 Å². The second-order valence-corrected chi connectivity index (χ2v) is 5.41. The number of aryl methyl sites for hydroxylation is 1. The summed E-state index contributed by atoms with van der Waals surface area (Å²) in [5, 5.41) is 12.1. The third kappa shape index (κ3) is 3.81. The summed E-state index contributed by atoms with van der Waals surface area (Å²) < 4.78 is 0. The van der Waals surface area contributed by atoms with E-state index >= 15 is 0 Å². The molecule has 0 saturated carbocycles. The summed E-state index contributed by atoms with van der Waals surface area (Å²) in [5.41, 5.74) is 6.88. The van der Waals surface area contributed by atoms with Crippen LogP contribution in [0.4, 0.5) is 5.95 Å². The SMILES string of the molecule is CCCC(C(N)=NO)N1CCN(c2ncc(C)cn2)CC1. The van der Waals surface area contributed by atoms with E-state index in [0.717, 1.165) is 50.5 Å². The van der Waals surface area contributed by atoms with Gasteiger partial charge < -0.3 is 15.8 Å². The third-order valence-corrected chi connectivity index (χ3v) is 3.82. The normalized spacial score (nSPS) is 18.8. The highest BCUT2D eigenvalue weighted by molar-refractivity contribution is 5.85. The van der Waals surface area contributed by atoms with Gasteiger partial charge in [0.25, 0.3) is 0 Å². The molecule has 0 radical (unpaired) electrons. The molecule has 1 aromatic rings. The molecule has 116 valence electrons. The molecule has 2 heterocycles. The highest BCUT2D eigenvalue weighted by Crippen LogP contribution is 2.15. The Labute approximate surface area is 125 Å². The Morgan fingerprint density at radius 1 is 1.33 bits per heavy atom. The quantitative estimate of drug-likeness (QED) is 0.361. The van der Waals surface area contributed by atoms with Gasteiger partial charge in [-0.25, -0.2) is 9.97 Å². The second-order valence-electron chi connectivity index (χ2n) is 5.41. The number of hydrogen-bond donors (Lipinski definition) is 2. The minimum atomic E-state index is 0.0149. The summed E-state index contributed by atoms with van der Waals surface area (Å²) in [6.07, 6.45) is 5.58. The van der Waals surface area contributed by atoms with Crippen molar-refractivity contribution in [1.29, 1.82) is 0 Å². The number of amidine groups is 1. The molecule has 0 bridgehead atoms. The Morgan fingerprint density at radius 2 is 1.95 bits per heavy atom. The van der Waals surface area contributed by atoms with Gasteiger partial charge in [-0.15, -0.1) is 0 Å². The van der Waals surface area contributed by atoms with Crippen molar-refractivity contribution in [3.8, 4) is 0 Å². The number of nitrogens with two attached hydrogens (primary N) is 1. The minimum Gasteiger partial charge on any atom is -0.409 e. The first-order valence-corrected chi connectivity index (χ1v) is 7.40. The number of anilines is 1. The van der Waals surface area contributed by atoms with E-state index in [1.54, 1.807) is 0 Å². The lowest BCUT2D eigenvalue weighted by Crippen LogP contribution is -2.54. The maximum Gasteiger partial charge on any atom is 0.225 e. The predicted molar refractivity (Wildman–Crippen MR) is 82.7 cm³/mol. The maximum atomic E-state index is 8.92. The van der Waals surface area contributed by atoms with E-state index in [1.165, 1.54) is 0 Å². The molecule has 3 N–H and O–H groups in total. The van der Waals surface area contributed by atoms with Gasteiger partial charge in [-0.3, -0.25) is 4.90 Å². The molecule has 1 saturated heterocycles. The summed E-state index contributed by atoms with van der Waals surface area (Å²) in [5.74, 6) is 1.08. The summed E-state index contributed by atoms with van der Waals surface area (Å²) in [6, 6.07) is 0.0149.